The van der Waals surface area contributed by atoms with Crippen LogP contribution in [-0.2, 0) is 16.4 Å². The molecule has 0 bridgehead atoms. The molecule has 0 aromatic heterocycles. The molecule has 0 N–H and O–H groups in total. The number of rotatable bonds is 2. The lowest BCUT2D eigenvalue weighted by molar-refractivity contribution is 0.262. The van der Waals surface area contributed by atoms with Crippen LogP contribution in [0.4, 0.5) is 0 Å². The zero-order chi connectivity index (χ0) is 20.2. The number of benzene rings is 2. The minimum atomic E-state index is -3.50. The van der Waals surface area contributed by atoms with Crippen molar-refractivity contribution in [3.63, 3.8) is 0 Å². The molecule has 1 heterocycles. The summed E-state index contributed by atoms with van der Waals surface area (Å²) in [6.45, 7) is 2.59. The SMILES string of the molecule is Cc1ccc(S(=O)(=O)N2CC3Cc4ccc(C#N)cc4C4CCCCC2C34)cc1. The van der Waals surface area contributed by atoms with Gasteiger partial charge in [0.15, 0.2) is 0 Å². The molecule has 2 aromatic carbocycles. The second-order valence-electron chi connectivity index (χ2n) is 8.91. The van der Waals surface area contributed by atoms with E-state index in [1.165, 1.54) is 11.1 Å². The first kappa shape index (κ1) is 18.8. The molecule has 3 aliphatic rings. The fourth-order valence-electron chi connectivity index (χ4n) is 6.00. The van der Waals surface area contributed by atoms with Crippen molar-refractivity contribution < 1.29 is 8.42 Å². The fourth-order valence-corrected chi connectivity index (χ4v) is 7.74. The Balaban J connectivity index is 1.56. The first-order chi connectivity index (χ1) is 14.0. The quantitative estimate of drug-likeness (QED) is 0.743. The lowest BCUT2D eigenvalue weighted by Crippen LogP contribution is -2.39. The summed E-state index contributed by atoms with van der Waals surface area (Å²) in [5.41, 5.74) is 4.39. The van der Waals surface area contributed by atoms with Gasteiger partial charge >= 0.3 is 0 Å². The van der Waals surface area contributed by atoms with Crippen LogP contribution >= 0.6 is 0 Å². The van der Waals surface area contributed by atoms with E-state index in [2.05, 4.69) is 18.2 Å². The minimum Gasteiger partial charge on any atom is -0.207 e. The Morgan fingerprint density at radius 1 is 1.07 bits per heavy atom. The van der Waals surface area contributed by atoms with Gasteiger partial charge in [-0.2, -0.15) is 9.57 Å². The van der Waals surface area contributed by atoms with Gasteiger partial charge in [0.25, 0.3) is 0 Å². The van der Waals surface area contributed by atoms with Crippen LogP contribution in [0.1, 0.15) is 53.9 Å². The molecule has 4 nitrogen and oxygen atoms in total. The van der Waals surface area contributed by atoms with Crippen LogP contribution in [-0.4, -0.2) is 25.3 Å². The molecule has 1 aliphatic heterocycles. The Kier molecular flexibility index (Phi) is 4.53. The van der Waals surface area contributed by atoms with Crippen LogP contribution < -0.4 is 0 Å². The molecule has 2 fully saturated rings. The van der Waals surface area contributed by atoms with Gasteiger partial charge < -0.3 is 0 Å². The number of hydrogen-bond acceptors (Lipinski definition) is 3. The highest BCUT2D eigenvalue weighted by Gasteiger charge is 2.52. The van der Waals surface area contributed by atoms with E-state index in [9.17, 15) is 13.7 Å². The van der Waals surface area contributed by atoms with E-state index >= 15 is 0 Å². The van der Waals surface area contributed by atoms with E-state index in [-0.39, 0.29) is 6.04 Å². The Hall–Kier alpha value is -2.16. The fraction of sp³-hybridized carbons (Fsp3) is 0.458. The zero-order valence-corrected chi connectivity index (χ0v) is 17.5. The molecule has 4 atom stereocenters. The number of hydrogen-bond donors (Lipinski definition) is 0. The highest BCUT2D eigenvalue weighted by molar-refractivity contribution is 7.89. The van der Waals surface area contributed by atoms with Crippen molar-refractivity contribution in [3.8, 4) is 6.07 Å². The second kappa shape index (κ2) is 6.97. The Labute approximate surface area is 173 Å². The molecule has 5 rings (SSSR count). The molecule has 0 spiro atoms. The predicted molar refractivity (Wildman–Crippen MR) is 112 cm³/mol. The smallest absolute Gasteiger partial charge is 0.207 e. The van der Waals surface area contributed by atoms with E-state index < -0.39 is 10.0 Å². The minimum absolute atomic E-state index is 0.0673. The van der Waals surface area contributed by atoms with Crippen molar-refractivity contribution in [1.29, 1.82) is 5.26 Å². The average molecular weight is 407 g/mol. The van der Waals surface area contributed by atoms with Crippen molar-refractivity contribution in [2.75, 3.05) is 6.54 Å². The second-order valence-corrected chi connectivity index (χ2v) is 10.8. The molecule has 4 unspecified atom stereocenters. The van der Waals surface area contributed by atoms with Crippen molar-refractivity contribution >= 4 is 10.0 Å². The summed E-state index contributed by atoms with van der Waals surface area (Å²) in [5, 5.41) is 9.36. The van der Waals surface area contributed by atoms with E-state index in [1.807, 2.05) is 29.4 Å². The molecule has 0 radical (unpaired) electrons. The zero-order valence-electron chi connectivity index (χ0n) is 16.7. The predicted octanol–water partition coefficient (Wildman–Crippen LogP) is 4.39. The summed E-state index contributed by atoms with van der Waals surface area (Å²) in [5.74, 6) is 1.09. The van der Waals surface area contributed by atoms with E-state index in [1.54, 1.807) is 12.1 Å². The molecular weight excluding hydrogens is 380 g/mol. The average Bonchev–Trinajstić information content (AvgIpc) is 2.94. The molecule has 150 valence electrons. The third kappa shape index (κ3) is 3.01. The highest BCUT2D eigenvalue weighted by atomic mass is 32.2. The van der Waals surface area contributed by atoms with Gasteiger partial charge in [0.2, 0.25) is 10.0 Å². The third-order valence-electron chi connectivity index (χ3n) is 7.29. The summed E-state index contributed by atoms with van der Waals surface area (Å²) in [6, 6.07) is 15.7. The van der Waals surface area contributed by atoms with Crippen molar-refractivity contribution in [2.45, 2.75) is 55.9 Å². The Morgan fingerprint density at radius 3 is 2.59 bits per heavy atom. The largest absolute Gasteiger partial charge is 0.243 e. The monoisotopic (exact) mass is 406 g/mol. The number of nitriles is 1. The standard InChI is InChI=1S/C24H26N2O2S/c1-16-6-10-20(11-7-16)29(27,28)26-15-19-13-18-9-8-17(14-25)12-22(18)21-4-2-3-5-23(26)24(19)21/h6-12,19,21,23-24H,2-5,13,15H2,1H3. The first-order valence-electron chi connectivity index (χ1n) is 10.6. The van der Waals surface area contributed by atoms with Gasteiger partial charge in [-0.05, 0) is 79.3 Å². The van der Waals surface area contributed by atoms with Crippen molar-refractivity contribution in [2.24, 2.45) is 11.8 Å². The number of aryl methyl sites for hydroxylation is 1. The summed E-state index contributed by atoms with van der Waals surface area (Å²) in [4.78, 5) is 0.409. The molecule has 2 aliphatic carbocycles. The van der Waals surface area contributed by atoms with Crippen molar-refractivity contribution in [3.05, 3.63) is 64.7 Å². The van der Waals surface area contributed by atoms with Gasteiger partial charge in [0.05, 0.1) is 16.5 Å². The van der Waals surface area contributed by atoms with E-state index in [0.29, 0.717) is 34.8 Å². The van der Waals surface area contributed by atoms with Crippen LogP contribution in [0.5, 0.6) is 0 Å². The van der Waals surface area contributed by atoms with Gasteiger partial charge in [-0.25, -0.2) is 8.42 Å². The lowest BCUT2D eigenvalue weighted by atomic mass is 9.67. The maximum Gasteiger partial charge on any atom is 0.243 e. The van der Waals surface area contributed by atoms with Crippen molar-refractivity contribution in [1.82, 2.24) is 4.31 Å². The van der Waals surface area contributed by atoms with E-state index in [4.69, 9.17) is 0 Å². The molecule has 0 amide bonds. The van der Waals surface area contributed by atoms with Crippen LogP contribution in [0.15, 0.2) is 47.4 Å². The van der Waals surface area contributed by atoms with Gasteiger partial charge in [-0.15, -0.1) is 0 Å². The Morgan fingerprint density at radius 2 is 1.83 bits per heavy atom. The molecule has 29 heavy (non-hydrogen) atoms. The summed E-state index contributed by atoms with van der Waals surface area (Å²) in [7, 11) is -3.50. The highest BCUT2D eigenvalue weighted by Crippen LogP contribution is 2.53. The van der Waals surface area contributed by atoms with Gasteiger partial charge in [0.1, 0.15) is 0 Å². The number of sulfonamides is 1. The van der Waals surface area contributed by atoms with Crippen LogP contribution in [0.3, 0.4) is 0 Å². The number of nitrogens with zero attached hydrogens (tertiary/aromatic N) is 2. The van der Waals surface area contributed by atoms with Crippen LogP contribution in [0.2, 0.25) is 0 Å². The molecule has 5 heteroatoms. The first-order valence-corrected chi connectivity index (χ1v) is 12.0. The Bertz CT molecular complexity index is 1080. The normalized spacial score (nSPS) is 28.8. The molecule has 1 saturated carbocycles. The summed E-state index contributed by atoms with van der Waals surface area (Å²) >= 11 is 0. The molecule has 1 saturated heterocycles. The maximum absolute atomic E-state index is 13.6. The molecule has 2 aromatic rings. The van der Waals surface area contributed by atoms with Gasteiger partial charge in [0, 0.05) is 12.6 Å². The van der Waals surface area contributed by atoms with Crippen LogP contribution in [0, 0.1) is 30.1 Å². The third-order valence-corrected chi connectivity index (χ3v) is 9.19. The van der Waals surface area contributed by atoms with E-state index in [0.717, 1.165) is 37.7 Å². The van der Waals surface area contributed by atoms with Gasteiger partial charge in [-0.3, -0.25) is 0 Å². The number of fused-ring (bicyclic) bond motifs is 2. The summed E-state index contributed by atoms with van der Waals surface area (Å²) in [6.07, 6.45) is 5.14. The summed E-state index contributed by atoms with van der Waals surface area (Å²) < 4.78 is 28.9. The van der Waals surface area contributed by atoms with Gasteiger partial charge in [-0.1, -0.05) is 36.6 Å². The van der Waals surface area contributed by atoms with Crippen LogP contribution in [0.25, 0.3) is 0 Å². The maximum atomic E-state index is 13.6. The topological polar surface area (TPSA) is 61.2 Å². The lowest BCUT2D eigenvalue weighted by Gasteiger charge is -2.37. The molecular formula is C24H26N2O2S.